The summed E-state index contributed by atoms with van der Waals surface area (Å²) in [4.78, 5) is 30.9. The summed E-state index contributed by atoms with van der Waals surface area (Å²) < 4.78 is 0.973. The summed E-state index contributed by atoms with van der Waals surface area (Å²) >= 11 is 3.43. The van der Waals surface area contributed by atoms with Crippen LogP contribution in [0.4, 0.5) is 11.4 Å². The number of hydrogen-bond donors (Lipinski definition) is 1. The third kappa shape index (κ3) is 3.91. The van der Waals surface area contributed by atoms with Crippen LogP contribution in [0.2, 0.25) is 0 Å². The maximum atomic E-state index is 12.6. The molecule has 3 rings (SSSR count). The maximum Gasteiger partial charge on any atom is 0.255 e. The number of piperazine rings is 1. The molecule has 0 saturated carbocycles. The minimum absolute atomic E-state index is 0.0639. The molecule has 2 aromatic rings. The largest absolute Gasteiger partial charge is 0.354 e. The van der Waals surface area contributed by atoms with Crippen LogP contribution in [0.5, 0.6) is 0 Å². The lowest BCUT2D eigenvalue weighted by atomic mass is 10.2. The van der Waals surface area contributed by atoms with E-state index in [-0.39, 0.29) is 5.91 Å². The van der Waals surface area contributed by atoms with Crippen LogP contribution < -0.4 is 5.32 Å². The highest BCUT2D eigenvalue weighted by molar-refractivity contribution is 9.10. The van der Waals surface area contributed by atoms with E-state index in [4.69, 9.17) is 0 Å². The Labute approximate surface area is 148 Å². The monoisotopic (exact) mass is 388 g/mol. The fraction of sp³-hybridized carbons (Fsp3) is 0.235. The lowest BCUT2D eigenvalue weighted by Crippen LogP contribution is -2.48. The second-order valence-corrected chi connectivity index (χ2v) is 6.45. The van der Waals surface area contributed by atoms with Crippen LogP contribution >= 0.6 is 15.9 Å². The SMILES string of the molecule is O=CN1CCN(C(=O)c2cncc(Nc3cccc(Br)c3)c2)CC1. The number of carbonyl (C=O) groups excluding carboxylic acids is 2. The standard InChI is InChI=1S/C17H17BrN4O2/c18-14-2-1-3-15(9-14)20-16-8-13(10-19-11-16)17(24)22-6-4-21(12-23)5-7-22/h1-3,8-12,20H,4-7H2. The average Bonchev–Trinajstić information content (AvgIpc) is 2.61. The smallest absolute Gasteiger partial charge is 0.255 e. The molecule has 1 aliphatic heterocycles. The van der Waals surface area contributed by atoms with E-state index in [1.807, 2.05) is 24.3 Å². The molecule has 1 fully saturated rings. The average molecular weight is 389 g/mol. The second kappa shape index (κ2) is 7.44. The van der Waals surface area contributed by atoms with Gasteiger partial charge in [0.15, 0.2) is 0 Å². The first-order chi connectivity index (χ1) is 11.7. The summed E-state index contributed by atoms with van der Waals surface area (Å²) in [5.41, 5.74) is 2.20. The van der Waals surface area contributed by atoms with Crippen molar-refractivity contribution in [2.24, 2.45) is 0 Å². The van der Waals surface area contributed by atoms with E-state index in [0.717, 1.165) is 22.3 Å². The van der Waals surface area contributed by atoms with Crippen molar-refractivity contribution in [2.75, 3.05) is 31.5 Å². The van der Waals surface area contributed by atoms with Gasteiger partial charge in [-0.2, -0.15) is 0 Å². The highest BCUT2D eigenvalue weighted by atomic mass is 79.9. The zero-order chi connectivity index (χ0) is 16.9. The number of pyridine rings is 1. The Morgan fingerprint density at radius 1 is 1.12 bits per heavy atom. The van der Waals surface area contributed by atoms with Crippen molar-refractivity contribution in [1.82, 2.24) is 14.8 Å². The van der Waals surface area contributed by atoms with Crippen molar-refractivity contribution in [3.8, 4) is 0 Å². The molecule has 1 aromatic carbocycles. The van der Waals surface area contributed by atoms with Crippen molar-refractivity contribution in [3.63, 3.8) is 0 Å². The molecule has 0 aliphatic carbocycles. The molecule has 0 radical (unpaired) electrons. The van der Waals surface area contributed by atoms with Crippen molar-refractivity contribution in [2.45, 2.75) is 0 Å². The van der Waals surface area contributed by atoms with E-state index in [9.17, 15) is 9.59 Å². The fourth-order valence-corrected chi connectivity index (χ4v) is 2.97. The Bertz CT molecular complexity index is 745. The van der Waals surface area contributed by atoms with E-state index in [2.05, 4.69) is 26.2 Å². The Balaban J connectivity index is 1.71. The zero-order valence-electron chi connectivity index (χ0n) is 13.0. The van der Waals surface area contributed by atoms with Crippen LogP contribution in [-0.2, 0) is 4.79 Å². The van der Waals surface area contributed by atoms with Crippen LogP contribution in [0.3, 0.4) is 0 Å². The van der Waals surface area contributed by atoms with Crippen LogP contribution in [-0.4, -0.2) is 53.3 Å². The molecule has 1 aromatic heterocycles. The van der Waals surface area contributed by atoms with E-state index in [0.29, 0.717) is 31.7 Å². The Morgan fingerprint density at radius 3 is 2.62 bits per heavy atom. The van der Waals surface area contributed by atoms with Gasteiger partial charge < -0.3 is 15.1 Å². The predicted octanol–water partition coefficient (Wildman–Crippen LogP) is 2.50. The topological polar surface area (TPSA) is 65.5 Å². The molecule has 2 amide bonds. The lowest BCUT2D eigenvalue weighted by Gasteiger charge is -2.32. The number of amides is 2. The van der Waals surface area contributed by atoms with Crippen molar-refractivity contribution < 1.29 is 9.59 Å². The number of hydrogen-bond acceptors (Lipinski definition) is 4. The van der Waals surface area contributed by atoms with Gasteiger partial charge in [-0.15, -0.1) is 0 Å². The van der Waals surface area contributed by atoms with E-state index in [1.165, 1.54) is 0 Å². The van der Waals surface area contributed by atoms with E-state index < -0.39 is 0 Å². The minimum Gasteiger partial charge on any atom is -0.354 e. The van der Waals surface area contributed by atoms with Crippen LogP contribution in [0.15, 0.2) is 47.2 Å². The van der Waals surface area contributed by atoms with E-state index >= 15 is 0 Å². The van der Waals surface area contributed by atoms with Crippen molar-refractivity contribution in [3.05, 3.63) is 52.8 Å². The molecule has 7 heteroatoms. The lowest BCUT2D eigenvalue weighted by molar-refractivity contribution is -0.119. The van der Waals surface area contributed by atoms with Crippen LogP contribution in [0.1, 0.15) is 10.4 Å². The quantitative estimate of drug-likeness (QED) is 0.817. The van der Waals surface area contributed by atoms with Gasteiger partial charge in [0.25, 0.3) is 5.91 Å². The first kappa shape index (κ1) is 16.4. The first-order valence-electron chi connectivity index (χ1n) is 7.62. The number of nitrogens with zero attached hydrogens (tertiary/aromatic N) is 3. The van der Waals surface area contributed by atoms with Gasteiger partial charge in [0.05, 0.1) is 17.4 Å². The van der Waals surface area contributed by atoms with Crippen LogP contribution in [0, 0.1) is 0 Å². The summed E-state index contributed by atoms with van der Waals surface area (Å²) in [6.45, 7) is 2.22. The predicted molar refractivity (Wildman–Crippen MR) is 95.2 cm³/mol. The molecule has 24 heavy (non-hydrogen) atoms. The van der Waals surface area contributed by atoms with Gasteiger partial charge in [0.2, 0.25) is 6.41 Å². The molecule has 1 aliphatic rings. The van der Waals surface area contributed by atoms with Gasteiger partial charge in [0.1, 0.15) is 0 Å². The second-order valence-electron chi connectivity index (χ2n) is 5.53. The number of aromatic nitrogens is 1. The Hall–Kier alpha value is -2.41. The molecule has 0 unspecified atom stereocenters. The first-order valence-corrected chi connectivity index (χ1v) is 8.41. The van der Waals surface area contributed by atoms with Crippen molar-refractivity contribution >= 4 is 39.6 Å². The molecule has 6 nitrogen and oxygen atoms in total. The molecule has 0 spiro atoms. The maximum absolute atomic E-state index is 12.6. The number of nitrogens with one attached hydrogen (secondary N) is 1. The summed E-state index contributed by atoms with van der Waals surface area (Å²) in [7, 11) is 0. The van der Waals surface area contributed by atoms with Gasteiger partial charge in [-0.05, 0) is 24.3 Å². The highest BCUT2D eigenvalue weighted by Gasteiger charge is 2.21. The number of carbonyl (C=O) groups is 2. The highest BCUT2D eigenvalue weighted by Crippen LogP contribution is 2.21. The summed E-state index contributed by atoms with van der Waals surface area (Å²) in [5.74, 6) is -0.0639. The van der Waals surface area contributed by atoms with Crippen molar-refractivity contribution in [1.29, 1.82) is 0 Å². The molecule has 0 atom stereocenters. The number of benzene rings is 1. The van der Waals surface area contributed by atoms with Gasteiger partial charge in [-0.3, -0.25) is 14.6 Å². The summed E-state index contributed by atoms with van der Waals surface area (Å²) in [6.07, 6.45) is 4.08. The van der Waals surface area contributed by atoms with Gasteiger partial charge >= 0.3 is 0 Å². The fourth-order valence-electron chi connectivity index (χ4n) is 2.57. The van der Waals surface area contributed by atoms with E-state index in [1.54, 1.807) is 28.3 Å². The number of rotatable bonds is 4. The Kier molecular flexibility index (Phi) is 5.10. The molecule has 1 N–H and O–H groups in total. The third-order valence-electron chi connectivity index (χ3n) is 3.85. The molecule has 1 saturated heterocycles. The minimum atomic E-state index is -0.0639. The molecular formula is C17H17BrN4O2. The summed E-state index contributed by atoms with van der Waals surface area (Å²) in [5, 5.41) is 3.24. The zero-order valence-corrected chi connectivity index (χ0v) is 14.6. The third-order valence-corrected chi connectivity index (χ3v) is 4.34. The molecule has 0 bridgehead atoms. The van der Waals surface area contributed by atoms with Crippen LogP contribution in [0.25, 0.3) is 0 Å². The number of anilines is 2. The number of halogens is 1. The van der Waals surface area contributed by atoms with Gasteiger partial charge in [-0.25, -0.2) is 0 Å². The molecule has 124 valence electrons. The van der Waals surface area contributed by atoms with Gasteiger partial charge in [-0.1, -0.05) is 22.0 Å². The summed E-state index contributed by atoms with van der Waals surface area (Å²) in [6, 6.07) is 9.57. The van der Waals surface area contributed by atoms with Gasteiger partial charge in [0, 0.05) is 42.5 Å². The normalized spacial score (nSPS) is 14.4. The molecular weight excluding hydrogens is 372 g/mol. The molecule has 2 heterocycles. The Morgan fingerprint density at radius 2 is 1.92 bits per heavy atom.